The van der Waals surface area contributed by atoms with Gasteiger partial charge in [0.15, 0.2) is 0 Å². The minimum atomic E-state index is -1.07. The van der Waals surface area contributed by atoms with Crippen LogP contribution in [0.3, 0.4) is 0 Å². The average Bonchev–Trinajstić information content (AvgIpc) is 3.39. The number of carbonyl (C=O) groups excluding carboxylic acids is 1. The number of carbonyl (C=O) groups is 2. The number of imidazole rings is 1. The number of nitrogens with two attached hydrogens (primary N) is 1. The number of amides is 1. The Hall–Kier alpha value is -4.39. The summed E-state index contributed by atoms with van der Waals surface area (Å²) in [7, 11) is 0. The second-order valence-electron chi connectivity index (χ2n) is 9.68. The molecule has 0 bridgehead atoms. The molecular formula is C30H30N4O3. The first-order valence-corrected chi connectivity index (χ1v) is 12.4. The molecule has 3 aromatic carbocycles. The number of aryl methyl sites for hydroxylation is 1. The Morgan fingerprint density at radius 2 is 1.65 bits per heavy atom. The van der Waals surface area contributed by atoms with Gasteiger partial charge in [0.25, 0.3) is 0 Å². The van der Waals surface area contributed by atoms with Crippen LogP contribution >= 0.6 is 0 Å². The zero-order valence-corrected chi connectivity index (χ0v) is 20.8. The van der Waals surface area contributed by atoms with Crippen LogP contribution in [0.1, 0.15) is 58.4 Å². The molecule has 3 atom stereocenters. The molecule has 0 radical (unpaired) electrons. The van der Waals surface area contributed by atoms with Crippen LogP contribution in [0.2, 0.25) is 0 Å². The lowest BCUT2D eigenvalue weighted by Gasteiger charge is -2.44. The second kappa shape index (κ2) is 9.93. The van der Waals surface area contributed by atoms with Crippen LogP contribution in [0.5, 0.6) is 0 Å². The number of anilines is 1. The van der Waals surface area contributed by atoms with Gasteiger partial charge in [-0.25, -0.2) is 9.78 Å². The minimum Gasteiger partial charge on any atom is -0.480 e. The van der Waals surface area contributed by atoms with Gasteiger partial charge in [0, 0.05) is 11.6 Å². The lowest BCUT2D eigenvalue weighted by Crippen LogP contribution is -2.54. The Labute approximate surface area is 216 Å². The molecule has 3 unspecified atom stereocenters. The summed E-state index contributed by atoms with van der Waals surface area (Å²) in [6, 6.07) is 23.2. The summed E-state index contributed by atoms with van der Waals surface area (Å²) >= 11 is 0. The number of rotatable bonds is 6. The molecule has 188 valence electrons. The summed E-state index contributed by atoms with van der Waals surface area (Å²) < 4.78 is 0. The number of hydrogen-bond donors (Lipinski definition) is 3. The van der Waals surface area contributed by atoms with Crippen LogP contribution in [0.4, 0.5) is 5.69 Å². The second-order valence-corrected chi connectivity index (χ2v) is 9.68. The molecule has 0 fully saturated rings. The molecule has 4 aromatic rings. The van der Waals surface area contributed by atoms with Crippen LogP contribution in [0.15, 0.2) is 85.2 Å². The molecule has 7 nitrogen and oxygen atoms in total. The quantitative estimate of drug-likeness (QED) is 0.333. The van der Waals surface area contributed by atoms with Gasteiger partial charge in [-0.2, -0.15) is 0 Å². The Morgan fingerprint density at radius 3 is 2.22 bits per heavy atom. The average molecular weight is 495 g/mol. The van der Waals surface area contributed by atoms with Crippen LogP contribution in [-0.2, 0) is 16.0 Å². The molecule has 1 aliphatic heterocycles. The minimum absolute atomic E-state index is 0.255. The summed E-state index contributed by atoms with van der Waals surface area (Å²) in [5, 5.41) is 10.4. The maximum Gasteiger partial charge on any atom is 0.327 e. The predicted octanol–water partition coefficient (Wildman–Crippen LogP) is 4.82. The van der Waals surface area contributed by atoms with Gasteiger partial charge in [0.1, 0.15) is 6.04 Å². The first kappa shape index (κ1) is 24.3. The van der Waals surface area contributed by atoms with E-state index in [-0.39, 0.29) is 5.91 Å². The summed E-state index contributed by atoms with van der Waals surface area (Å²) in [6.07, 6.45) is 2.01. The van der Waals surface area contributed by atoms with Crippen LogP contribution in [0, 0.1) is 6.92 Å². The number of carboxylic acids is 1. The number of carboxylic acid groups (broad SMARTS) is 1. The van der Waals surface area contributed by atoms with Crippen molar-refractivity contribution in [3.8, 4) is 0 Å². The Bertz CT molecular complexity index is 1380. The lowest BCUT2D eigenvalue weighted by molar-refractivity contribution is -0.155. The van der Waals surface area contributed by atoms with Gasteiger partial charge in [0.2, 0.25) is 5.91 Å². The Kier molecular flexibility index (Phi) is 6.53. The monoisotopic (exact) mass is 494 g/mol. The number of aliphatic carboxylic acids is 1. The fraction of sp³-hybridized carbons (Fsp3) is 0.233. The molecule has 2 heterocycles. The highest BCUT2D eigenvalue weighted by atomic mass is 16.4. The number of fused-ring (bicyclic) bond motifs is 1. The number of hydrogen-bond acceptors (Lipinski definition) is 4. The van der Waals surface area contributed by atoms with Gasteiger partial charge >= 0.3 is 5.97 Å². The Morgan fingerprint density at radius 1 is 1.03 bits per heavy atom. The number of nitrogens with one attached hydrogen (secondary N) is 1. The van der Waals surface area contributed by atoms with Crippen molar-refractivity contribution in [2.24, 2.45) is 0 Å². The zero-order chi connectivity index (χ0) is 26.1. The van der Waals surface area contributed by atoms with E-state index in [9.17, 15) is 14.7 Å². The smallest absolute Gasteiger partial charge is 0.327 e. The highest BCUT2D eigenvalue weighted by Crippen LogP contribution is 2.43. The van der Waals surface area contributed by atoms with Crippen LogP contribution in [0.25, 0.3) is 0 Å². The van der Waals surface area contributed by atoms with Gasteiger partial charge in [-0.15, -0.1) is 0 Å². The van der Waals surface area contributed by atoms with E-state index in [0.29, 0.717) is 17.8 Å². The molecule has 0 aliphatic carbocycles. The van der Waals surface area contributed by atoms with Crippen molar-refractivity contribution in [1.82, 2.24) is 14.9 Å². The molecule has 0 saturated heterocycles. The van der Waals surface area contributed by atoms with E-state index in [1.165, 1.54) is 0 Å². The molecule has 1 aliphatic rings. The van der Waals surface area contributed by atoms with Gasteiger partial charge in [-0.05, 0) is 41.7 Å². The molecule has 0 saturated carbocycles. The Balaban J connectivity index is 1.67. The maximum atomic E-state index is 14.6. The number of aromatic nitrogens is 2. The molecule has 37 heavy (non-hydrogen) atoms. The van der Waals surface area contributed by atoms with Crippen molar-refractivity contribution in [2.45, 2.75) is 44.2 Å². The van der Waals surface area contributed by atoms with Gasteiger partial charge < -0.3 is 20.7 Å². The number of nitrogens with zero attached hydrogens (tertiary/aromatic N) is 2. The normalized spacial score (nSPS) is 19.0. The van der Waals surface area contributed by atoms with E-state index < -0.39 is 29.9 Å². The maximum absolute atomic E-state index is 14.6. The van der Waals surface area contributed by atoms with Gasteiger partial charge in [-0.3, -0.25) is 4.79 Å². The zero-order valence-electron chi connectivity index (χ0n) is 20.8. The van der Waals surface area contributed by atoms with Crippen molar-refractivity contribution >= 4 is 17.6 Å². The highest BCUT2D eigenvalue weighted by Gasteiger charge is 2.48. The molecule has 1 aromatic heterocycles. The summed E-state index contributed by atoms with van der Waals surface area (Å²) in [5.74, 6) is -2.45. The van der Waals surface area contributed by atoms with E-state index in [2.05, 4.69) is 9.97 Å². The van der Waals surface area contributed by atoms with Gasteiger partial charge in [0.05, 0.1) is 29.7 Å². The molecule has 0 spiro atoms. The fourth-order valence-corrected chi connectivity index (χ4v) is 5.50. The van der Waals surface area contributed by atoms with E-state index in [4.69, 9.17) is 5.73 Å². The van der Waals surface area contributed by atoms with Crippen molar-refractivity contribution in [2.75, 3.05) is 5.73 Å². The van der Waals surface area contributed by atoms with Crippen molar-refractivity contribution in [1.29, 1.82) is 0 Å². The molecule has 5 rings (SSSR count). The molecule has 7 heteroatoms. The van der Waals surface area contributed by atoms with Gasteiger partial charge in [-0.1, -0.05) is 79.7 Å². The molecule has 4 N–H and O–H groups in total. The number of benzene rings is 3. The van der Waals surface area contributed by atoms with E-state index in [1.807, 2.05) is 92.7 Å². The summed E-state index contributed by atoms with van der Waals surface area (Å²) in [6.45, 7) is 3.76. The lowest BCUT2D eigenvalue weighted by atomic mass is 9.82. The van der Waals surface area contributed by atoms with E-state index in [0.717, 1.165) is 27.9 Å². The third-order valence-corrected chi connectivity index (χ3v) is 7.36. The van der Waals surface area contributed by atoms with Crippen LogP contribution < -0.4 is 5.73 Å². The fourth-order valence-electron chi connectivity index (χ4n) is 5.50. The van der Waals surface area contributed by atoms with Crippen molar-refractivity contribution < 1.29 is 14.7 Å². The van der Waals surface area contributed by atoms with Crippen molar-refractivity contribution in [3.05, 3.63) is 119 Å². The van der Waals surface area contributed by atoms with E-state index >= 15 is 0 Å². The standard InChI is InChI=1S/C30H30N4O3/c1-18-15-20(13-14-23(18)31)16-24-27-26(32-17-33-27)19(2)28(30(36)37)34(24)29(35)25(21-9-5-3-6-10-21)22-11-7-4-8-12-22/h3-15,17,19,24-25,28H,16,31H2,1-2H3,(H,32,33)(H,36,37). The first-order chi connectivity index (χ1) is 17.9. The topological polar surface area (TPSA) is 112 Å². The predicted molar refractivity (Wildman–Crippen MR) is 142 cm³/mol. The third-order valence-electron chi connectivity index (χ3n) is 7.36. The number of nitrogen functional groups attached to an aromatic ring is 1. The first-order valence-electron chi connectivity index (χ1n) is 12.4. The highest BCUT2D eigenvalue weighted by molar-refractivity contribution is 5.92. The number of aromatic amines is 1. The van der Waals surface area contributed by atoms with Crippen molar-refractivity contribution in [3.63, 3.8) is 0 Å². The van der Waals surface area contributed by atoms with E-state index in [1.54, 1.807) is 11.2 Å². The number of H-pyrrole nitrogens is 1. The van der Waals surface area contributed by atoms with Crippen LogP contribution in [-0.4, -0.2) is 37.9 Å². The summed E-state index contributed by atoms with van der Waals surface area (Å²) in [5.41, 5.74) is 11.7. The third kappa shape index (κ3) is 4.48. The molecule has 1 amide bonds. The largest absolute Gasteiger partial charge is 0.480 e. The summed E-state index contributed by atoms with van der Waals surface area (Å²) in [4.78, 5) is 36.6. The molecular weight excluding hydrogens is 464 g/mol. The SMILES string of the molecule is Cc1cc(CC2c3[nH]cnc3C(C)C(C(=O)O)N2C(=O)C(c2ccccc2)c2ccccc2)ccc1N.